The van der Waals surface area contributed by atoms with Gasteiger partial charge in [0.05, 0.1) is 15.8 Å². The van der Waals surface area contributed by atoms with Gasteiger partial charge in [0.2, 0.25) is 15.9 Å². The largest absolute Gasteiger partial charge is 0.340 e. The Balaban J connectivity index is 1.24. The number of nitrogens with zero attached hydrogens (tertiary/aromatic N) is 4. The standard InChI is InChI=1S/C25H28N4O4S/c1-18-6-10-20(11-7-18)34(32,33)28-16-14-27(15-17-28)24(30)13-12-23-26-22-5-3-2-4-21(22)25(31)29(23)19-8-9-19/h2-7,10-11,19H,8-9,12-17H2,1H3. The number of hydrogen-bond acceptors (Lipinski definition) is 5. The Morgan fingerprint density at radius 1 is 1.00 bits per heavy atom. The second-order valence-electron chi connectivity index (χ2n) is 9.05. The molecule has 0 radical (unpaired) electrons. The highest BCUT2D eigenvalue weighted by Crippen LogP contribution is 2.35. The number of para-hydroxylation sites is 1. The van der Waals surface area contributed by atoms with Crippen molar-refractivity contribution in [1.82, 2.24) is 18.8 Å². The van der Waals surface area contributed by atoms with Gasteiger partial charge >= 0.3 is 0 Å². The molecule has 1 aliphatic carbocycles. The SMILES string of the molecule is Cc1ccc(S(=O)(=O)N2CCN(C(=O)CCc3nc4ccccc4c(=O)n3C3CC3)CC2)cc1. The molecule has 2 aromatic carbocycles. The number of amides is 1. The summed E-state index contributed by atoms with van der Waals surface area (Å²) in [6.45, 7) is 3.15. The molecule has 0 atom stereocenters. The first kappa shape index (κ1) is 22.7. The van der Waals surface area contributed by atoms with Gasteiger partial charge in [-0.3, -0.25) is 14.2 Å². The summed E-state index contributed by atoms with van der Waals surface area (Å²) in [5, 5.41) is 0.607. The molecule has 2 aliphatic rings. The van der Waals surface area contributed by atoms with Crippen LogP contribution in [0.4, 0.5) is 0 Å². The van der Waals surface area contributed by atoms with E-state index < -0.39 is 10.0 Å². The smallest absolute Gasteiger partial charge is 0.261 e. The summed E-state index contributed by atoms with van der Waals surface area (Å²) in [7, 11) is -3.57. The van der Waals surface area contributed by atoms with Crippen molar-refractivity contribution in [3.63, 3.8) is 0 Å². The molecule has 1 aromatic heterocycles. The van der Waals surface area contributed by atoms with Crippen molar-refractivity contribution >= 4 is 26.8 Å². The number of aromatic nitrogens is 2. The molecular formula is C25H28N4O4S. The molecule has 0 spiro atoms. The zero-order chi connectivity index (χ0) is 23.9. The van der Waals surface area contributed by atoms with Crippen LogP contribution >= 0.6 is 0 Å². The van der Waals surface area contributed by atoms with Gasteiger partial charge in [-0.25, -0.2) is 13.4 Å². The molecule has 0 bridgehead atoms. The normalized spacial score (nSPS) is 17.3. The van der Waals surface area contributed by atoms with Crippen molar-refractivity contribution in [2.75, 3.05) is 26.2 Å². The monoisotopic (exact) mass is 480 g/mol. The maximum Gasteiger partial charge on any atom is 0.261 e. The van der Waals surface area contributed by atoms with Gasteiger partial charge in [0, 0.05) is 45.1 Å². The minimum atomic E-state index is -3.57. The summed E-state index contributed by atoms with van der Waals surface area (Å²) >= 11 is 0. The second-order valence-corrected chi connectivity index (χ2v) is 11.0. The van der Waals surface area contributed by atoms with Crippen molar-refractivity contribution in [3.05, 3.63) is 70.3 Å². The molecule has 1 saturated heterocycles. The number of benzene rings is 2. The van der Waals surface area contributed by atoms with E-state index in [9.17, 15) is 18.0 Å². The Bertz CT molecular complexity index is 1390. The molecule has 1 amide bonds. The first-order chi connectivity index (χ1) is 16.3. The highest BCUT2D eigenvalue weighted by atomic mass is 32.2. The number of hydrogen-bond donors (Lipinski definition) is 0. The van der Waals surface area contributed by atoms with Gasteiger partial charge in [-0.05, 0) is 44.0 Å². The Labute approximate surface area is 198 Å². The van der Waals surface area contributed by atoms with Crippen LogP contribution in [0.1, 0.15) is 36.7 Å². The zero-order valence-electron chi connectivity index (χ0n) is 19.2. The van der Waals surface area contributed by atoms with Crippen LogP contribution in [0.2, 0.25) is 0 Å². The fourth-order valence-electron chi connectivity index (χ4n) is 4.49. The molecule has 34 heavy (non-hydrogen) atoms. The first-order valence-corrected chi connectivity index (χ1v) is 13.1. The predicted molar refractivity (Wildman–Crippen MR) is 129 cm³/mol. The van der Waals surface area contributed by atoms with Crippen LogP contribution in [-0.4, -0.2) is 59.3 Å². The number of aryl methyl sites for hydroxylation is 2. The highest BCUT2D eigenvalue weighted by molar-refractivity contribution is 7.89. The van der Waals surface area contributed by atoms with Crippen molar-refractivity contribution in [2.24, 2.45) is 0 Å². The van der Waals surface area contributed by atoms with Crippen molar-refractivity contribution in [3.8, 4) is 0 Å². The third kappa shape index (κ3) is 4.37. The maximum absolute atomic E-state index is 13.0. The summed E-state index contributed by atoms with van der Waals surface area (Å²) in [6, 6.07) is 14.3. The molecule has 1 saturated carbocycles. The summed E-state index contributed by atoms with van der Waals surface area (Å²) in [6.07, 6.45) is 2.54. The zero-order valence-corrected chi connectivity index (χ0v) is 20.0. The van der Waals surface area contributed by atoms with Gasteiger partial charge in [0.15, 0.2) is 0 Å². The summed E-state index contributed by atoms with van der Waals surface area (Å²) in [5.41, 5.74) is 1.62. The molecule has 3 aromatic rings. The van der Waals surface area contributed by atoms with E-state index in [2.05, 4.69) is 0 Å². The number of fused-ring (bicyclic) bond motifs is 1. The molecule has 2 fully saturated rings. The maximum atomic E-state index is 13.0. The van der Waals surface area contributed by atoms with E-state index in [0.717, 1.165) is 18.4 Å². The second kappa shape index (κ2) is 8.96. The lowest BCUT2D eigenvalue weighted by Crippen LogP contribution is -2.50. The van der Waals surface area contributed by atoms with Crippen LogP contribution in [0, 0.1) is 6.92 Å². The molecule has 5 rings (SSSR count). The van der Waals surface area contributed by atoms with Gasteiger partial charge in [-0.1, -0.05) is 29.8 Å². The van der Waals surface area contributed by atoms with Crippen molar-refractivity contribution in [2.45, 2.75) is 43.5 Å². The number of piperazine rings is 1. The van der Waals surface area contributed by atoms with E-state index in [1.807, 2.05) is 25.1 Å². The molecular weight excluding hydrogens is 452 g/mol. The molecule has 8 nitrogen and oxygen atoms in total. The summed E-state index contributed by atoms with van der Waals surface area (Å²) in [4.78, 5) is 32.6. The van der Waals surface area contributed by atoms with E-state index in [-0.39, 0.29) is 41.9 Å². The molecule has 0 N–H and O–H groups in total. The van der Waals surface area contributed by atoms with Gasteiger partial charge in [-0.15, -0.1) is 0 Å². The molecule has 178 valence electrons. The predicted octanol–water partition coefficient (Wildman–Crippen LogP) is 2.51. The van der Waals surface area contributed by atoms with Crippen LogP contribution in [0.25, 0.3) is 10.9 Å². The minimum absolute atomic E-state index is 0.0366. The lowest BCUT2D eigenvalue weighted by molar-refractivity contribution is -0.132. The lowest BCUT2D eigenvalue weighted by Gasteiger charge is -2.34. The van der Waals surface area contributed by atoms with E-state index in [1.165, 1.54) is 4.31 Å². The van der Waals surface area contributed by atoms with Crippen LogP contribution in [0.3, 0.4) is 0 Å². The van der Waals surface area contributed by atoms with Gasteiger partial charge in [-0.2, -0.15) is 4.31 Å². The highest BCUT2D eigenvalue weighted by Gasteiger charge is 2.31. The van der Waals surface area contributed by atoms with Crippen LogP contribution < -0.4 is 5.56 Å². The number of carbonyl (C=O) groups excluding carboxylic acids is 1. The Hall–Kier alpha value is -3.04. The van der Waals surface area contributed by atoms with Crippen LogP contribution in [-0.2, 0) is 21.2 Å². The summed E-state index contributed by atoms with van der Waals surface area (Å²) in [5.74, 6) is 0.609. The number of rotatable bonds is 6. The van der Waals surface area contributed by atoms with E-state index in [1.54, 1.807) is 39.8 Å². The number of sulfonamides is 1. The molecule has 1 aliphatic heterocycles. The third-order valence-corrected chi connectivity index (χ3v) is 8.52. The Morgan fingerprint density at radius 2 is 1.68 bits per heavy atom. The summed E-state index contributed by atoms with van der Waals surface area (Å²) < 4.78 is 29.0. The molecule has 2 heterocycles. The average molecular weight is 481 g/mol. The fraction of sp³-hybridized carbons (Fsp3) is 0.400. The minimum Gasteiger partial charge on any atom is -0.340 e. The number of carbonyl (C=O) groups is 1. The molecule has 0 unspecified atom stereocenters. The third-order valence-electron chi connectivity index (χ3n) is 6.61. The quantitative estimate of drug-likeness (QED) is 0.541. The van der Waals surface area contributed by atoms with Crippen LogP contribution in [0.5, 0.6) is 0 Å². The van der Waals surface area contributed by atoms with E-state index >= 15 is 0 Å². The van der Waals surface area contributed by atoms with Crippen LogP contribution in [0.15, 0.2) is 58.2 Å². The molecule has 9 heteroatoms. The van der Waals surface area contributed by atoms with Gasteiger partial charge in [0.1, 0.15) is 5.82 Å². The first-order valence-electron chi connectivity index (χ1n) is 11.7. The fourth-order valence-corrected chi connectivity index (χ4v) is 5.91. The average Bonchev–Trinajstić information content (AvgIpc) is 3.68. The Kier molecular flexibility index (Phi) is 5.99. The van der Waals surface area contributed by atoms with E-state index in [4.69, 9.17) is 4.98 Å². The lowest BCUT2D eigenvalue weighted by atomic mass is 10.2. The van der Waals surface area contributed by atoms with Crippen molar-refractivity contribution < 1.29 is 13.2 Å². The van der Waals surface area contributed by atoms with Gasteiger partial charge < -0.3 is 4.90 Å². The van der Waals surface area contributed by atoms with E-state index in [0.29, 0.717) is 36.2 Å². The Morgan fingerprint density at radius 3 is 2.35 bits per heavy atom. The van der Waals surface area contributed by atoms with Gasteiger partial charge in [0.25, 0.3) is 5.56 Å². The van der Waals surface area contributed by atoms with Crippen molar-refractivity contribution in [1.29, 1.82) is 0 Å². The topological polar surface area (TPSA) is 92.6 Å².